The first-order valence-electron chi connectivity index (χ1n) is 3.72. The second-order valence-corrected chi connectivity index (χ2v) is 3.84. The van der Waals surface area contributed by atoms with Gasteiger partial charge < -0.3 is 0 Å². The highest BCUT2D eigenvalue weighted by Crippen LogP contribution is 2.17. The highest BCUT2D eigenvalue weighted by molar-refractivity contribution is 14.1. The molecule has 0 nitrogen and oxygen atoms in total. The molecule has 0 fully saturated rings. The normalized spacial score (nSPS) is 10.4. The van der Waals surface area contributed by atoms with Crippen molar-refractivity contribution in [2.75, 3.05) is 0 Å². The van der Waals surface area contributed by atoms with Crippen LogP contribution in [-0.2, 0) is 0 Å². The van der Waals surface area contributed by atoms with Gasteiger partial charge in [0, 0.05) is 3.57 Å². The molecule has 0 N–H and O–H groups in total. The number of benzene rings is 2. The summed E-state index contributed by atoms with van der Waals surface area (Å²) in [5.41, 5.74) is 0.853. The first kappa shape index (κ1) is 8.11. The molecule has 56 valence electrons. The number of hydrogen-bond acceptors (Lipinski definition) is 0. The summed E-state index contributed by atoms with van der Waals surface area (Å²) < 4.78 is 1.25. The molecule has 0 bridgehead atoms. The lowest BCUT2D eigenvalue weighted by Crippen LogP contribution is -2.02. The minimum absolute atomic E-state index is 0.853. The maximum atomic E-state index is 5.82. The monoisotopic (exact) mass is 264 g/mol. The van der Waals surface area contributed by atoms with Gasteiger partial charge in [-0.2, -0.15) is 0 Å². The Labute approximate surface area is 86.5 Å². The second-order valence-electron chi connectivity index (χ2n) is 2.68. The standard InChI is InChI=1S/C10H6BI/c11-9-5-1-4-8-7(9)3-2-6-10(8)12/h1-6H. The number of rotatable bonds is 0. The maximum absolute atomic E-state index is 5.82. The van der Waals surface area contributed by atoms with Crippen molar-refractivity contribution >= 4 is 46.7 Å². The van der Waals surface area contributed by atoms with Gasteiger partial charge in [0.15, 0.2) is 0 Å². The molecule has 0 atom stereocenters. The number of fused-ring (bicyclic) bond motifs is 1. The molecule has 0 unspecified atom stereocenters. The molecule has 2 aromatic carbocycles. The van der Waals surface area contributed by atoms with Crippen LogP contribution in [0, 0.1) is 3.57 Å². The van der Waals surface area contributed by atoms with Crippen molar-refractivity contribution in [3.05, 3.63) is 40.0 Å². The number of hydrogen-bond donors (Lipinski definition) is 0. The highest BCUT2D eigenvalue weighted by Gasteiger charge is 1.97. The predicted octanol–water partition coefficient (Wildman–Crippen LogP) is 2.24. The third-order valence-electron chi connectivity index (χ3n) is 1.90. The maximum Gasteiger partial charge on any atom is 0.114 e. The molecule has 0 saturated heterocycles. The van der Waals surface area contributed by atoms with Crippen LogP contribution < -0.4 is 5.46 Å². The number of halogens is 1. The minimum Gasteiger partial charge on any atom is -0.0889 e. The molecule has 2 rings (SSSR count). The van der Waals surface area contributed by atoms with Crippen LogP contribution in [0.1, 0.15) is 0 Å². The van der Waals surface area contributed by atoms with E-state index in [0.29, 0.717) is 0 Å². The molecule has 0 spiro atoms. The van der Waals surface area contributed by atoms with E-state index in [1.165, 1.54) is 8.96 Å². The van der Waals surface area contributed by atoms with E-state index in [4.69, 9.17) is 7.85 Å². The molecule has 0 aliphatic heterocycles. The smallest absolute Gasteiger partial charge is 0.0889 e. The third-order valence-corrected chi connectivity index (χ3v) is 2.84. The fourth-order valence-electron chi connectivity index (χ4n) is 1.30. The van der Waals surface area contributed by atoms with E-state index in [9.17, 15) is 0 Å². The zero-order valence-electron chi connectivity index (χ0n) is 6.42. The van der Waals surface area contributed by atoms with E-state index in [0.717, 1.165) is 10.8 Å². The largest absolute Gasteiger partial charge is 0.114 e. The van der Waals surface area contributed by atoms with Crippen molar-refractivity contribution in [1.29, 1.82) is 0 Å². The van der Waals surface area contributed by atoms with Gasteiger partial charge in [-0.25, -0.2) is 0 Å². The van der Waals surface area contributed by atoms with E-state index < -0.39 is 0 Å². The molecule has 0 heterocycles. The average Bonchev–Trinajstić information content (AvgIpc) is 2.07. The Balaban J connectivity index is 2.94. The van der Waals surface area contributed by atoms with Crippen LogP contribution in [0.4, 0.5) is 0 Å². The fraction of sp³-hybridized carbons (Fsp3) is 0. The van der Waals surface area contributed by atoms with Gasteiger partial charge in [0.1, 0.15) is 7.85 Å². The molecular formula is C10H6BI. The van der Waals surface area contributed by atoms with E-state index in [2.05, 4.69) is 34.7 Å². The molecule has 0 amide bonds. The van der Waals surface area contributed by atoms with Gasteiger partial charge in [-0.15, -0.1) is 0 Å². The van der Waals surface area contributed by atoms with Gasteiger partial charge >= 0.3 is 0 Å². The summed E-state index contributed by atoms with van der Waals surface area (Å²) in [5, 5.41) is 2.38. The van der Waals surface area contributed by atoms with Crippen molar-refractivity contribution in [3.8, 4) is 0 Å². The molecule has 0 aliphatic carbocycles. The molecular weight excluding hydrogens is 258 g/mol. The van der Waals surface area contributed by atoms with E-state index in [1.807, 2.05) is 24.3 Å². The molecule has 2 heteroatoms. The first-order valence-corrected chi connectivity index (χ1v) is 4.79. The van der Waals surface area contributed by atoms with Crippen LogP contribution in [0.5, 0.6) is 0 Å². The van der Waals surface area contributed by atoms with E-state index in [-0.39, 0.29) is 0 Å². The Morgan fingerprint density at radius 2 is 1.58 bits per heavy atom. The van der Waals surface area contributed by atoms with Gasteiger partial charge in [0.05, 0.1) is 0 Å². The lowest BCUT2D eigenvalue weighted by molar-refractivity contribution is 1.73. The van der Waals surface area contributed by atoms with Crippen molar-refractivity contribution in [1.82, 2.24) is 0 Å². The topological polar surface area (TPSA) is 0 Å². The molecule has 0 aromatic heterocycles. The minimum atomic E-state index is 0.853. The van der Waals surface area contributed by atoms with Crippen molar-refractivity contribution in [2.45, 2.75) is 0 Å². The van der Waals surface area contributed by atoms with Gasteiger partial charge in [-0.05, 0) is 39.4 Å². The van der Waals surface area contributed by atoms with E-state index in [1.54, 1.807) is 0 Å². The summed E-state index contributed by atoms with van der Waals surface area (Å²) in [5.74, 6) is 0. The Bertz CT molecular complexity index is 382. The molecule has 2 aromatic rings. The summed E-state index contributed by atoms with van der Waals surface area (Å²) in [6.07, 6.45) is 0. The van der Waals surface area contributed by atoms with Crippen LogP contribution >= 0.6 is 22.6 Å². The lowest BCUT2D eigenvalue weighted by Gasteiger charge is -2.02. The Morgan fingerprint density at radius 1 is 0.917 bits per heavy atom. The average molecular weight is 264 g/mol. The zero-order chi connectivity index (χ0) is 8.55. The summed E-state index contributed by atoms with van der Waals surface area (Å²) in [7, 11) is 5.82. The van der Waals surface area contributed by atoms with Crippen LogP contribution in [0.3, 0.4) is 0 Å². The molecule has 0 saturated carbocycles. The van der Waals surface area contributed by atoms with Crippen LogP contribution in [-0.4, -0.2) is 7.85 Å². The van der Waals surface area contributed by atoms with Gasteiger partial charge in [0.2, 0.25) is 0 Å². The summed E-state index contributed by atoms with van der Waals surface area (Å²) >= 11 is 2.32. The van der Waals surface area contributed by atoms with Gasteiger partial charge in [-0.1, -0.05) is 35.8 Å². The fourth-order valence-corrected chi connectivity index (χ4v) is 1.97. The van der Waals surface area contributed by atoms with Crippen LogP contribution in [0.25, 0.3) is 10.8 Å². The quantitative estimate of drug-likeness (QED) is 0.505. The zero-order valence-corrected chi connectivity index (χ0v) is 8.58. The van der Waals surface area contributed by atoms with E-state index >= 15 is 0 Å². The summed E-state index contributed by atoms with van der Waals surface area (Å²) in [6, 6.07) is 12.2. The SMILES string of the molecule is [B]c1cccc2c(I)cccc12. The third kappa shape index (κ3) is 1.24. The van der Waals surface area contributed by atoms with Crippen molar-refractivity contribution < 1.29 is 0 Å². The lowest BCUT2D eigenvalue weighted by atomic mass is 9.90. The highest BCUT2D eigenvalue weighted by atomic mass is 127. The Kier molecular flexibility index (Phi) is 2.09. The van der Waals surface area contributed by atoms with Gasteiger partial charge in [0.25, 0.3) is 0 Å². The predicted molar refractivity (Wildman–Crippen MR) is 62.1 cm³/mol. The first-order chi connectivity index (χ1) is 5.79. The summed E-state index contributed by atoms with van der Waals surface area (Å²) in [6.45, 7) is 0. The summed E-state index contributed by atoms with van der Waals surface area (Å²) in [4.78, 5) is 0. The van der Waals surface area contributed by atoms with Gasteiger partial charge in [-0.3, -0.25) is 0 Å². The van der Waals surface area contributed by atoms with Crippen LogP contribution in [0.2, 0.25) is 0 Å². The van der Waals surface area contributed by atoms with Crippen molar-refractivity contribution in [3.63, 3.8) is 0 Å². The van der Waals surface area contributed by atoms with Crippen molar-refractivity contribution in [2.24, 2.45) is 0 Å². The molecule has 2 radical (unpaired) electrons. The second kappa shape index (κ2) is 3.09. The molecule has 12 heavy (non-hydrogen) atoms. The van der Waals surface area contributed by atoms with Crippen LogP contribution in [0.15, 0.2) is 36.4 Å². The Hall–Kier alpha value is -0.505. The Morgan fingerprint density at radius 3 is 2.33 bits per heavy atom. The molecule has 0 aliphatic rings.